The SMILES string of the molecule is CC.CCC1=CC(CNC(O)c2c(CC)c3n(c(=O)c2O)C(C2CC2)N(CCNC)C3=O)CC=C1F. The van der Waals surface area contributed by atoms with E-state index in [1.807, 2.05) is 40.8 Å². The number of carbonyl (C=O) groups is 1. The maximum atomic E-state index is 13.9. The van der Waals surface area contributed by atoms with E-state index in [0.29, 0.717) is 50.0 Å². The zero-order valence-electron chi connectivity index (χ0n) is 22.1. The summed E-state index contributed by atoms with van der Waals surface area (Å²) in [6.45, 7) is 9.11. The van der Waals surface area contributed by atoms with Crippen molar-refractivity contribution in [3.05, 3.63) is 50.7 Å². The van der Waals surface area contributed by atoms with Crippen molar-refractivity contribution in [1.29, 1.82) is 0 Å². The number of amides is 1. The highest BCUT2D eigenvalue weighted by Gasteiger charge is 2.48. The molecule has 9 heteroatoms. The van der Waals surface area contributed by atoms with Gasteiger partial charge in [-0.2, -0.15) is 0 Å². The van der Waals surface area contributed by atoms with Gasteiger partial charge in [-0.1, -0.05) is 33.8 Å². The zero-order valence-corrected chi connectivity index (χ0v) is 22.1. The highest BCUT2D eigenvalue weighted by Crippen LogP contribution is 2.46. The van der Waals surface area contributed by atoms with Gasteiger partial charge in [0.25, 0.3) is 11.5 Å². The number of allylic oxidation sites excluding steroid dienone is 3. The average Bonchev–Trinajstić information content (AvgIpc) is 3.69. The molecule has 0 aromatic carbocycles. The zero-order chi connectivity index (χ0) is 26.6. The standard InChI is InChI=1S/C25H35FN4O4.C2H6/c1-4-15-12-14(6-9-18(15)26)13-28-22(32)19-17(5-2)20-24(33)29(11-10-27-3)23(16-7-8-16)30(20)25(34)21(19)31;1-2/h9,12,14,16,22-23,27-28,31-32H,4-8,10-11,13H2,1-3H3;1-2H3. The number of aromatic nitrogens is 1. The number of aliphatic hydroxyl groups excluding tert-OH is 1. The second-order valence-corrected chi connectivity index (χ2v) is 9.38. The Kier molecular flexibility index (Phi) is 9.49. The third-order valence-electron chi connectivity index (χ3n) is 7.15. The molecular weight excluding hydrogens is 463 g/mol. The Bertz CT molecular complexity index is 1080. The van der Waals surface area contributed by atoms with E-state index in [9.17, 15) is 24.2 Å². The van der Waals surface area contributed by atoms with E-state index >= 15 is 0 Å². The van der Waals surface area contributed by atoms with Crippen molar-refractivity contribution in [2.24, 2.45) is 11.8 Å². The summed E-state index contributed by atoms with van der Waals surface area (Å²) in [6.07, 6.45) is 4.98. The van der Waals surface area contributed by atoms with Crippen LogP contribution in [-0.4, -0.2) is 52.3 Å². The van der Waals surface area contributed by atoms with E-state index in [-0.39, 0.29) is 34.8 Å². The van der Waals surface area contributed by atoms with Gasteiger partial charge in [-0.15, -0.1) is 0 Å². The minimum atomic E-state index is -1.33. The highest BCUT2D eigenvalue weighted by molar-refractivity contribution is 5.97. The van der Waals surface area contributed by atoms with E-state index in [4.69, 9.17) is 0 Å². The van der Waals surface area contributed by atoms with E-state index in [0.717, 1.165) is 12.8 Å². The van der Waals surface area contributed by atoms with Crippen LogP contribution in [-0.2, 0) is 6.42 Å². The van der Waals surface area contributed by atoms with Crippen LogP contribution in [0.3, 0.4) is 0 Å². The van der Waals surface area contributed by atoms with Crippen molar-refractivity contribution in [1.82, 2.24) is 20.1 Å². The first kappa shape index (κ1) is 28.1. The monoisotopic (exact) mass is 504 g/mol. The molecule has 3 unspecified atom stereocenters. The molecule has 3 atom stereocenters. The van der Waals surface area contributed by atoms with Gasteiger partial charge in [0.15, 0.2) is 5.75 Å². The number of aromatic hydroxyl groups is 1. The molecule has 1 aromatic rings. The number of aliphatic hydroxyl groups is 1. The Balaban J connectivity index is 0.00000176. The quantitative estimate of drug-likeness (QED) is 0.363. The maximum Gasteiger partial charge on any atom is 0.295 e. The van der Waals surface area contributed by atoms with Gasteiger partial charge in [0, 0.05) is 25.2 Å². The van der Waals surface area contributed by atoms with Gasteiger partial charge in [0.2, 0.25) is 0 Å². The number of carbonyl (C=O) groups excluding carboxylic acids is 1. The number of hydrogen-bond acceptors (Lipinski definition) is 6. The van der Waals surface area contributed by atoms with Crippen LogP contribution in [0.15, 0.2) is 28.3 Å². The summed E-state index contributed by atoms with van der Waals surface area (Å²) in [6, 6.07) is 0. The molecule has 0 radical (unpaired) electrons. The lowest BCUT2D eigenvalue weighted by Gasteiger charge is -2.26. The fourth-order valence-electron chi connectivity index (χ4n) is 5.22. The van der Waals surface area contributed by atoms with Gasteiger partial charge in [-0.25, -0.2) is 4.39 Å². The maximum absolute atomic E-state index is 13.9. The van der Waals surface area contributed by atoms with Gasteiger partial charge < -0.3 is 20.4 Å². The molecule has 1 aromatic heterocycles. The molecular formula is C27H41FN4O4. The molecule has 1 saturated carbocycles. The number of fused-ring (bicyclic) bond motifs is 1. The fraction of sp³-hybridized carbons (Fsp3) is 0.630. The summed E-state index contributed by atoms with van der Waals surface area (Å²) in [5.74, 6) is -0.794. The molecule has 0 saturated heterocycles. The molecule has 1 fully saturated rings. The number of nitrogens with one attached hydrogen (secondary N) is 2. The molecule has 36 heavy (non-hydrogen) atoms. The van der Waals surface area contributed by atoms with Gasteiger partial charge in [0.1, 0.15) is 23.9 Å². The van der Waals surface area contributed by atoms with Gasteiger partial charge in [-0.05, 0) is 68.2 Å². The lowest BCUT2D eigenvalue weighted by Crippen LogP contribution is -2.37. The minimum absolute atomic E-state index is 0.0234. The van der Waals surface area contributed by atoms with Crippen molar-refractivity contribution in [2.45, 2.75) is 72.2 Å². The van der Waals surface area contributed by atoms with Crippen LogP contribution in [0.1, 0.15) is 87.4 Å². The minimum Gasteiger partial charge on any atom is -0.503 e. The highest BCUT2D eigenvalue weighted by atomic mass is 19.1. The molecule has 1 aliphatic heterocycles. The Morgan fingerprint density at radius 3 is 2.47 bits per heavy atom. The van der Waals surface area contributed by atoms with E-state index in [2.05, 4.69) is 10.6 Å². The Morgan fingerprint density at radius 2 is 1.89 bits per heavy atom. The van der Waals surface area contributed by atoms with Crippen LogP contribution in [0.4, 0.5) is 4.39 Å². The summed E-state index contributed by atoms with van der Waals surface area (Å²) < 4.78 is 15.3. The Hall–Kier alpha value is -2.49. The Labute approximate surface area is 212 Å². The number of likely N-dealkylation sites (N-methyl/N-ethyl adjacent to an activating group) is 1. The summed E-state index contributed by atoms with van der Waals surface area (Å²) in [5, 5.41) is 27.9. The normalized spacial score (nSPS) is 22.0. The molecule has 4 N–H and O–H groups in total. The van der Waals surface area contributed by atoms with Crippen LogP contribution >= 0.6 is 0 Å². The third-order valence-corrected chi connectivity index (χ3v) is 7.15. The summed E-state index contributed by atoms with van der Waals surface area (Å²) in [4.78, 5) is 28.5. The second kappa shape index (κ2) is 12.2. The van der Waals surface area contributed by atoms with Crippen LogP contribution in [0, 0.1) is 11.8 Å². The van der Waals surface area contributed by atoms with Crippen molar-refractivity contribution in [2.75, 3.05) is 26.7 Å². The van der Waals surface area contributed by atoms with Crippen LogP contribution in [0.25, 0.3) is 0 Å². The van der Waals surface area contributed by atoms with Gasteiger partial charge in [-0.3, -0.25) is 19.5 Å². The molecule has 200 valence electrons. The fourth-order valence-corrected chi connectivity index (χ4v) is 5.22. The first-order valence-electron chi connectivity index (χ1n) is 13.3. The Morgan fingerprint density at radius 1 is 1.19 bits per heavy atom. The van der Waals surface area contributed by atoms with Crippen molar-refractivity contribution in [3.8, 4) is 5.75 Å². The number of nitrogens with zero attached hydrogens (tertiary/aromatic N) is 2. The van der Waals surface area contributed by atoms with Gasteiger partial charge >= 0.3 is 0 Å². The van der Waals surface area contributed by atoms with Crippen molar-refractivity contribution >= 4 is 5.91 Å². The summed E-state index contributed by atoms with van der Waals surface area (Å²) in [7, 11) is 1.81. The lowest BCUT2D eigenvalue weighted by atomic mass is 9.93. The van der Waals surface area contributed by atoms with Gasteiger partial charge in [0.05, 0.1) is 0 Å². The van der Waals surface area contributed by atoms with Crippen LogP contribution in [0.2, 0.25) is 0 Å². The van der Waals surface area contributed by atoms with E-state index in [1.165, 1.54) is 4.57 Å². The summed E-state index contributed by atoms with van der Waals surface area (Å²) in [5.41, 5.74) is 0.813. The number of halogens is 1. The number of rotatable bonds is 10. The van der Waals surface area contributed by atoms with Crippen LogP contribution < -0.4 is 16.2 Å². The molecule has 8 nitrogen and oxygen atoms in total. The molecule has 1 amide bonds. The lowest BCUT2D eigenvalue weighted by molar-refractivity contribution is 0.0669. The summed E-state index contributed by atoms with van der Waals surface area (Å²) >= 11 is 0. The average molecular weight is 505 g/mol. The molecule has 4 rings (SSSR count). The predicted molar refractivity (Wildman–Crippen MR) is 138 cm³/mol. The second-order valence-electron chi connectivity index (χ2n) is 9.38. The smallest absolute Gasteiger partial charge is 0.295 e. The third kappa shape index (κ3) is 5.28. The molecule has 2 aliphatic carbocycles. The first-order valence-corrected chi connectivity index (χ1v) is 13.3. The molecule has 0 spiro atoms. The van der Waals surface area contributed by atoms with E-state index in [1.54, 1.807) is 11.0 Å². The topological polar surface area (TPSA) is 107 Å². The molecule has 0 bridgehead atoms. The first-order chi connectivity index (χ1) is 17.3. The van der Waals surface area contributed by atoms with Crippen LogP contribution in [0.5, 0.6) is 5.75 Å². The molecule has 2 heterocycles. The van der Waals surface area contributed by atoms with Crippen molar-refractivity contribution in [3.63, 3.8) is 0 Å². The number of hydrogen-bond donors (Lipinski definition) is 4. The largest absolute Gasteiger partial charge is 0.503 e. The van der Waals surface area contributed by atoms with E-state index < -0.39 is 23.7 Å². The molecule has 3 aliphatic rings. The van der Waals surface area contributed by atoms with Crippen molar-refractivity contribution < 1.29 is 19.4 Å². The number of pyridine rings is 1. The predicted octanol–water partition coefficient (Wildman–Crippen LogP) is 3.52.